The molecule has 0 bridgehead atoms. The maximum Gasteiger partial charge on any atom is 0.410 e. The highest BCUT2D eigenvalue weighted by atomic mass is 35.5. The number of rotatable bonds is 2. The number of hydrogen-bond donors (Lipinski definition) is 0. The third-order valence-electron chi connectivity index (χ3n) is 6.77. The maximum absolute atomic E-state index is 13.6. The Bertz CT molecular complexity index is 1340. The number of fused-ring (bicyclic) bond motifs is 3. The smallest absolute Gasteiger partial charge is 0.410 e. The number of benzene rings is 1. The third kappa shape index (κ3) is 4.96. The normalized spacial score (nSPS) is 21.2. The van der Waals surface area contributed by atoms with E-state index in [1.54, 1.807) is 32.7 Å². The Balaban J connectivity index is 1.60. The highest BCUT2D eigenvalue weighted by molar-refractivity contribution is 7.91. The number of piperidine rings is 1. The van der Waals surface area contributed by atoms with Crippen LogP contribution >= 0.6 is 11.6 Å². The van der Waals surface area contributed by atoms with Gasteiger partial charge >= 0.3 is 6.09 Å². The van der Waals surface area contributed by atoms with Gasteiger partial charge in [0.05, 0.1) is 40.6 Å². The van der Waals surface area contributed by atoms with Crippen LogP contribution in [0.2, 0.25) is 5.02 Å². The fourth-order valence-corrected chi connectivity index (χ4v) is 7.35. The van der Waals surface area contributed by atoms with Gasteiger partial charge in [-0.25, -0.2) is 13.2 Å². The molecule has 10 nitrogen and oxygen atoms in total. The van der Waals surface area contributed by atoms with Crippen molar-refractivity contribution in [3.63, 3.8) is 0 Å². The molecule has 3 aliphatic heterocycles. The zero-order chi connectivity index (χ0) is 26.5. The van der Waals surface area contributed by atoms with Crippen molar-refractivity contribution in [2.45, 2.75) is 55.9 Å². The van der Waals surface area contributed by atoms with Gasteiger partial charge in [0.2, 0.25) is 0 Å². The summed E-state index contributed by atoms with van der Waals surface area (Å²) in [7, 11) is -3.80. The zero-order valence-electron chi connectivity index (χ0n) is 21.2. The second kappa shape index (κ2) is 9.59. The molecule has 2 amide bonds. The number of nitrogens with zero attached hydrogens (tertiary/aromatic N) is 4. The van der Waals surface area contributed by atoms with Crippen LogP contribution < -0.4 is 0 Å². The largest absolute Gasteiger partial charge is 0.444 e. The lowest BCUT2D eigenvalue weighted by atomic mass is 10.0. The van der Waals surface area contributed by atoms with Crippen molar-refractivity contribution in [1.29, 1.82) is 0 Å². The minimum Gasteiger partial charge on any atom is -0.444 e. The van der Waals surface area contributed by atoms with Gasteiger partial charge in [-0.2, -0.15) is 5.10 Å². The standard InChI is InChI=1S/C25H31ClN4O6S/c1-25(2,3)36-24(32)29-9-5-6-16(14-29)30-21-17-7-4-8-19(26)22(17)37(33,34)15-18(21)20(27-30)23(31)28-10-12-35-13-11-28/h4,7-8,16H,5-6,9-15H2,1-3H3/t16-/m0/s1. The number of carbonyl (C=O) groups excluding carboxylic acids is 2. The van der Waals surface area contributed by atoms with Crippen LogP contribution in [0.25, 0.3) is 11.3 Å². The van der Waals surface area contributed by atoms with Gasteiger partial charge in [0.15, 0.2) is 15.5 Å². The number of halogens is 1. The molecule has 0 radical (unpaired) electrons. The minimum absolute atomic E-state index is 0.0514. The lowest BCUT2D eigenvalue weighted by molar-refractivity contribution is 0.0166. The van der Waals surface area contributed by atoms with Crippen molar-refractivity contribution in [2.75, 3.05) is 39.4 Å². The van der Waals surface area contributed by atoms with E-state index in [2.05, 4.69) is 0 Å². The van der Waals surface area contributed by atoms with E-state index in [0.29, 0.717) is 69.1 Å². The van der Waals surface area contributed by atoms with Gasteiger partial charge < -0.3 is 19.3 Å². The van der Waals surface area contributed by atoms with Crippen molar-refractivity contribution < 1.29 is 27.5 Å². The Labute approximate surface area is 221 Å². The first kappa shape index (κ1) is 26.0. The number of amides is 2. The molecule has 0 unspecified atom stereocenters. The molecule has 37 heavy (non-hydrogen) atoms. The van der Waals surface area contributed by atoms with Crippen LogP contribution in [0, 0.1) is 0 Å². The van der Waals surface area contributed by atoms with Crippen molar-refractivity contribution in [3.05, 3.63) is 34.5 Å². The Morgan fingerprint density at radius 1 is 1.14 bits per heavy atom. The van der Waals surface area contributed by atoms with Crippen LogP contribution in [0.15, 0.2) is 23.1 Å². The number of sulfone groups is 1. The van der Waals surface area contributed by atoms with Gasteiger partial charge in [-0.15, -0.1) is 0 Å². The van der Waals surface area contributed by atoms with E-state index in [1.807, 2.05) is 20.8 Å². The van der Waals surface area contributed by atoms with Gasteiger partial charge in [0, 0.05) is 37.3 Å². The van der Waals surface area contributed by atoms with E-state index in [9.17, 15) is 18.0 Å². The molecule has 1 atom stereocenters. The molecule has 0 saturated carbocycles. The monoisotopic (exact) mass is 550 g/mol. The van der Waals surface area contributed by atoms with Gasteiger partial charge in [-0.3, -0.25) is 9.48 Å². The first-order valence-electron chi connectivity index (χ1n) is 12.4. The van der Waals surface area contributed by atoms with Crippen molar-refractivity contribution in [3.8, 4) is 11.3 Å². The number of likely N-dealkylation sites (tertiary alicyclic amines) is 1. The van der Waals surface area contributed by atoms with Crippen LogP contribution in [0.3, 0.4) is 0 Å². The van der Waals surface area contributed by atoms with Crippen molar-refractivity contribution in [1.82, 2.24) is 19.6 Å². The lowest BCUT2D eigenvalue weighted by Crippen LogP contribution is -2.43. The van der Waals surface area contributed by atoms with Gasteiger partial charge in [0.25, 0.3) is 5.91 Å². The molecule has 3 aliphatic rings. The molecule has 1 aromatic heterocycles. The van der Waals surface area contributed by atoms with Gasteiger partial charge in [-0.1, -0.05) is 23.7 Å². The summed E-state index contributed by atoms with van der Waals surface area (Å²) >= 11 is 6.38. The molecular weight excluding hydrogens is 520 g/mol. The van der Waals surface area contributed by atoms with Gasteiger partial charge in [-0.05, 0) is 39.7 Å². The van der Waals surface area contributed by atoms with Crippen LogP contribution in [-0.4, -0.2) is 85.0 Å². The number of carbonyl (C=O) groups is 2. The fraction of sp³-hybridized carbons (Fsp3) is 0.560. The molecule has 1 aromatic carbocycles. The summed E-state index contributed by atoms with van der Waals surface area (Å²) in [6.45, 7) is 7.99. The summed E-state index contributed by atoms with van der Waals surface area (Å²) in [6.07, 6.45) is 1.02. The number of ether oxygens (including phenoxy) is 2. The minimum atomic E-state index is -3.80. The molecule has 4 heterocycles. The van der Waals surface area contributed by atoms with E-state index >= 15 is 0 Å². The second-order valence-electron chi connectivity index (χ2n) is 10.6. The van der Waals surface area contributed by atoms with Crippen LogP contribution in [-0.2, 0) is 25.1 Å². The number of hydrogen-bond acceptors (Lipinski definition) is 7. The molecule has 5 rings (SSSR count). The summed E-state index contributed by atoms with van der Waals surface area (Å²) in [5.74, 6) is -0.689. The summed E-state index contributed by atoms with van der Waals surface area (Å²) < 4.78 is 39.4. The van der Waals surface area contributed by atoms with E-state index < -0.39 is 21.5 Å². The quantitative estimate of drug-likeness (QED) is 0.562. The lowest BCUT2D eigenvalue weighted by Gasteiger charge is -2.35. The number of morpholine rings is 1. The Hall–Kier alpha value is -2.63. The molecule has 12 heteroatoms. The van der Waals surface area contributed by atoms with Gasteiger partial charge in [0.1, 0.15) is 5.60 Å². The van der Waals surface area contributed by atoms with Crippen LogP contribution in [0.5, 0.6) is 0 Å². The topological polar surface area (TPSA) is 111 Å². The Kier molecular flexibility index (Phi) is 6.74. The first-order valence-corrected chi connectivity index (χ1v) is 14.5. The van der Waals surface area contributed by atoms with E-state index in [0.717, 1.165) is 0 Å². The SMILES string of the molecule is CC(C)(C)OC(=O)N1CCC[C@H](n2nc(C(=O)N3CCOCC3)c3c2-c2cccc(Cl)c2S(=O)(=O)C3)C1. The fourth-order valence-electron chi connectivity index (χ4n) is 5.16. The summed E-state index contributed by atoms with van der Waals surface area (Å²) in [5, 5.41) is 4.89. The second-order valence-corrected chi connectivity index (χ2v) is 13.0. The average Bonchev–Trinajstić information content (AvgIpc) is 3.21. The Morgan fingerprint density at radius 3 is 2.57 bits per heavy atom. The Morgan fingerprint density at radius 2 is 1.86 bits per heavy atom. The maximum atomic E-state index is 13.6. The zero-order valence-corrected chi connectivity index (χ0v) is 22.8. The summed E-state index contributed by atoms with van der Waals surface area (Å²) in [5.41, 5.74) is 0.870. The highest BCUT2D eigenvalue weighted by Gasteiger charge is 2.40. The molecule has 2 aromatic rings. The van der Waals surface area contributed by atoms with E-state index in [1.165, 1.54) is 0 Å². The molecular formula is C25H31ClN4O6S. The highest BCUT2D eigenvalue weighted by Crippen LogP contribution is 2.44. The molecule has 200 valence electrons. The number of aromatic nitrogens is 2. The van der Waals surface area contributed by atoms with Crippen LogP contribution in [0.1, 0.15) is 55.7 Å². The predicted molar refractivity (Wildman–Crippen MR) is 136 cm³/mol. The average molecular weight is 551 g/mol. The van der Waals surface area contributed by atoms with E-state index in [4.69, 9.17) is 26.2 Å². The van der Waals surface area contributed by atoms with Crippen molar-refractivity contribution in [2.24, 2.45) is 0 Å². The third-order valence-corrected chi connectivity index (χ3v) is 8.93. The van der Waals surface area contributed by atoms with Crippen LogP contribution in [0.4, 0.5) is 4.79 Å². The predicted octanol–water partition coefficient (Wildman–Crippen LogP) is 3.54. The van der Waals surface area contributed by atoms with Crippen molar-refractivity contribution >= 4 is 33.4 Å². The summed E-state index contributed by atoms with van der Waals surface area (Å²) in [6, 6.07) is 4.68. The first-order chi connectivity index (χ1) is 17.5. The summed E-state index contributed by atoms with van der Waals surface area (Å²) in [4.78, 5) is 29.8. The van der Waals surface area contributed by atoms with E-state index in [-0.39, 0.29) is 33.3 Å². The molecule has 0 aliphatic carbocycles. The molecule has 2 saturated heterocycles. The molecule has 2 fully saturated rings. The molecule has 0 spiro atoms. The molecule has 0 N–H and O–H groups in total.